The molecular weight excluding hydrogens is 380 g/mol. The summed E-state index contributed by atoms with van der Waals surface area (Å²) < 4.78 is 5.52. The summed E-state index contributed by atoms with van der Waals surface area (Å²) in [6, 6.07) is 10.6. The van der Waals surface area contributed by atoms with Crippen LogP contribution in [0.3, 0.4) is 0 Å². The van der Waals surface area contributed by atoms with Gasteiger partial charge in [-0.05, 0) is 48.9 Å². The van der Waals surface area contributed by atoms with E-state index in [1.54, 1.807) is 49.4 Å². The summed E-state index contributed by atoms with van der Waals surface area (Å²) in [5.74, 6) is -1.49. The Bertz CT molecular complexity index is 1090. The minimum absolute atomic E-state index is 0.0504. The standard InChI is InChI=1S/C21H15ClN2O4/c1-12-14(22)4-2-5-15(12)24-18(16-6-3-11-28-16)17(20(26)21(24)27)19(25)13-7-9-23-10-8-13/h2-11,18,25H,1H3/b19-17-. The average Bonchev–Trinajstić information content (AvgIpc) is 3.32. The maximum Gasteiger partial charge on any atom is 0.300 e. The van der Waals surface area contributed by atoms with Crippen LogP contribution in [0.5, 0.6) is 0 Å². The highest BCUT2D eigenvalue weighted by molar-refractivity contribution is 6.52. The van der Waals surface area contributed by atoms with Crippen LogP contribution >= 0.6 is 11.6 Å². The van der Waals surface area contributed by atoms with E-state index >= 15 is 0 Å². The van der Waals surface area contributed by atoms with Crippen LogP contribution in [0.1, 0.15) is 22.9 Å². The van der Waals surface area contributed by atoms with Crippen molar-refractivity contribution in [3.8, 4) is 0 Å². The van der Waals surface area contributed by atoms with Crippen molar-refractivity contribution in [1.29, 1.82) is 0 Å². The second-order valence-electron chi connectivity index (χ2n) is 6.30. The molecule has 0 saturated carbocycles. The number of ketones is 1. The van der Waals surface area contributed by atoms with Gasteiger partial charge >= 0.3 is 0 Å². The van der Waals surface area contributed by atoms with Gasteiger partial charge in [-0.1, -0.05) is 17.7 Å². The van der Waals surface area contributed by atoms with Gasteiger partial charge in [0, 0.05) is 28.7 Å². The second kappa shape index (κ2) is 6.98. The number of furan rings is 1. The van der Waals surface area contributed by atoms with Crippen LogP contribution in [-0.2, 0) is 9.59 Å². The van der Waals surface area contributed by atoms with E-state index in [2.05, 4.69) is 4.98 Å². The van der Waals surface area contributed by atoms with Crippen molar-refractivity contribution < 1.29 is 19.1 Å². The van der Waals surface area contributed by atoms with Crippen LogP contribution in [0.4, 0.5) is 5.69 Å². The number of aliphatic hydroxyl groups excluding tert-OH is 1. The van der Waals surface area contributed by atoms with Crippen LogP contribution in [0, 0.1) is 6.92 Å². The minimum atomic E-state index is -0.916. The largest absolute Gasteiger partial charge is 0.507 e. The fraction of sp³-hybridized carbons (Fsp3) is 0.0952. The van der Waals surface area contributed by atoms with E-state index in [1.807, 2.05) is 0 Å². The van der Waals surface area contributed by atoms with Gasteiger partial charge in [-0.25, -0.2) is 0 Å². The predicted molar refractivity (Wildman–Crippen MR) is 104 cm³/mol. The van der Waals surface area contributed by atoms with Crippen molar-refractivity contribution in [1.82, 2.24) is 4.98 Å². The van der Waals surface area contributed by atoms with Crippen molar-refractivity contribution in [3.05, 3.63) is 88.6 Å². The third-order valence-electron chi connectivity index (χ3n) is 4.71. The summed E-state index contributed by atoms with van der Waals surface area (Å²) in [6.45, 7) is 1.76. The van der Waals surface area contributed by atoms with Crippen LogP contribution < -0.4 is 4.90 Å². The number of rotatable bonds is 3. The number of amides is 1. The lowest BCUT2D eigenvalue weighted by atomic mass is 9.99. The molecule has 6 nitrogen and oxygen atoms in total. The first kappa shape index (κ1) is 18.0. The number of aliphatic hydroxyl groups is 1. The van der Waals surface area contributed by atoms with Crippen molar-refractivity contribution in [3.63, 3.8) is 0 Å². The number of hydrogen-bond donors (Lipinski definition) is 1. The van der Waals surface area contributed by atoms with Gasteiger partial charge in [0.15, 0.2) is 0 Å². The monoisotopic (exact) mass is 394 g/mol. The number of carbonyl (C=O) groups excluding carboxylic acids is 2. The highest BCUT2D eigenvalue weighted by Gasteiger charge is 2.48. The van der Waals surface area contributed by atoms with Crippen molar-refractivity contribution in [2.45, 2.75) is 13.0 Å². The third kappa shape index (κ3) is 2.78. The molecule has 0 aliphatic carbocycles. The maximum absolute atomic E-state index is 13.0. The fourth-order valence-corrected chi connectivity index (χ4v) is 3.49. The molecule has 0 radical (unpaired) electrons. The zero-order valence-corrected chi connectivity index (χ0v) is 15.6. The second-order valence-corrected chi connectivity index (χ2v) is 6.71. The average molecular weight is 395 g/mol. The van der Waals surface area contributed by atoms with Gasteiger partial charge in [0.25, 0.3) is 11.7 Å². The van der Waals surface area contributed by atoms with E-state index in [-0.39, 0.29) is 11.3 Å². The molecule has 3 aromatic rings. The van der Waals surface area contributed by atoms with Crippen LogP contribution in [0.25, 0.3) is 5.76 Å². The quantitative estimate of drug-likeness (QED) is 0.407. The normalized spacial score (nSPS) is 18.6. The molecule has 2 aromatic heterocycles. The van der Waals surface area contributed by atoms with E-state index in [0.717, 1.165) is 0 Å². The van der Waals surface area contributed by atoms with E-state index in [4.69, 9.17) is 16.0 Å². The molecule has 28 heavy (non-hydrogen) atoms. The first-order valence-corrected chi connectivity index (χ1v) is 8.88. The number of pyridine rings is 1. The van der Waals surface area contributed by atoms with Gasteiger partial charge in [-0.3, -0.25) is 19.5 Å². The zero-order chi connectivity index (χ0) is 19.8. The summed E-state index contributed by atoms with van der Waals surface area (Å²) >= 11 is 6.23. The van der Waals surface area contributed by atoms with Gasteiger partial charge in [-0.15, -0.1) is 0 Å². The summed E-state index contributed by atoms with van der Waals surface area (Å²) in [5.41, 5.74) is 1.45. The number of nitrogens with zero attached hydrogens (tertiary/aromatic N) is 2. The van der Waals surface area contributed by atoms with Crippen LogP contribution in [-0.4, -0.2) is 21.8 Å². The van der Waals surface area contributed by atoms with Gasteiger partial charge in [0.2, 0.25) is 0 Å². The third-order valence-corrected chi connectivity index (χ3v) is 5.12. The number of halogens is 1. The summed E-state index contributed by atoms with van der Waals surface area (Å²) in [7, 11) is 0. The highest BCUT2D eigenvalue weighted by atomic mass is 35.5. The highest BCUT2D eigenvalue weighted by Crippen LogP contribution is 2.43. The Morgan fingerprint density at radius 2 is 1.89 bits per heavy atom. The molecule has 3 heterocycles. The maximum atomic E-state index is 13.0. The Kier molecular flexibility index (Phi) is 4.49. The topological polar surface area (TPSA) is 83.6 Å². The van der Waals surface area contributed by atoms with Crippen LogP contribution in [0.2, 0.25) is 5.02 Å². The smallest absolute Gasteiger partial charge is 0.300 e. The van der Waals surface area contributed by atoms with Gasteiger partial charge in [0.1, 0.15) is 17.6 Å². The zero-order valence-electron chi connectivity index (χ0n) is 14.8. The minimum Gasteiger partial charge on any atom is -0.507 e. The molecule has 1 N–H and O–H groups in total. The fourth-order valence-electron chi connectivity index (χ4n) is 3.32. The molecule has 1 aliphatic heterocycles. The number of aromatic nitrogens is 1. The van der Waals surface area contributed by atoms with Gasteiger partial charge in [-0.2, -0.15) is 0 Å². The first-order chi connectivity index (χ1) is 13.5. The van der Waals surface area contributed by atoms with Crippen molar-refractivity contribution >= 4 is 34.7 Å². The van der Waals surface area contributed by atoms with Gasteiger partial charge in [0.05, 0.1) is 11.8 Å². The predicted octanol–water partition coefficient (Wildman–Crippen LogP) is 4.26. The van der Waals surface area contributed by atoms with E-state index in [9.17, 15) is 14.7 Å². The molecule has 0 bridgehead atoms. The number of carbonyl (C=O) groups is 2. The number of Topliss-reactive ketones (excluding diaryl/α,β-unsaturated/α-hetero) is 1. The summed E-state index contributed by atoms with van der Waals surface area (Å²) in [6.07, 6.45) is 4.44. The lowest BCUT2D eigenvalue weighted by molar-refractivity contribution is -0.132. The first-order valence-electron chi connectivity index (χ1n) is 8.50. The molecule has 1 unspecified atom stereocenters. The molecule has 1 aliphatic rings. The lowest BCUT2D eigenvalue weighted by Gasteiger charge is -2.25. The molecular formula is C21H15ClN2O4. The molecule has 7 heteroatoms. The Hall–Kier alpha value is -3.38. The van der Waals surface area contributed by atoms with E-state index < -0.39 is 17.7 Å². The molecule has 140 valence electrons. The molecule has 1 saturated heterocycles. The lowest BCUT2D eigenvalue weighted by Crippen LogP contribution is -2.30. The molecule has 1 fully saturated rings. The van der Waals surface area contributed by atoms with Crippen LogP contribution in [0.15, 0.2) is 71.1 Å². The van der Waals surface area contributed by atoms with E-state index in [1.165, 1.54) is 23.6 Å². The Labute approximate surface area is 165 Å². The molecule has 1 amide bonds. The summed E-state index contributed by atoms with van der Waals surface area (Å²) in [4.78, 5) is 31.1. The van der Waals surface area contributed by atoms with E-state index in [0.29, 0.717) is 27.6 Å². The number of anilines is 1. The van der Waals surface area contributed by atoms with Crippen molar-refractivity contribution in [2.75, 3.05) is 4.90 Å². The molecule has 1 aromatic carbocycles. The van der Waals surface area contributed by atoms with Gasteiger partial charge < -0.3 is 9.52 Å². The van der Waals surface area contributed by atoms with Crippen molar-refractivity contribution in [2.24, 2.45) is 0 Å². The SMILES string of the molecule is Cc1c(Cl)cccc1N1C(=O)C(=O)/C(=C(\O)c2ccncc2)C1c1ccco1. The Morgan fingerprint density at radius 3 is 2.57 bits per heavy atom. The Balaban J connectivity index is 1.97. The molecule has 1 atom stereocenters. The molecule has 4 rings (SSSR count). The summed E-state index contributed by atoms with van der Waals surface area (Å²) in [5, 5.41) is 11.3. The number of benzene rings is 1. The Morgan fingerprint density at radius 1 is 1.14 bits per heavy atom. The molecule has 0 spiro atoms. The number of hydrogen-bond acceptors (Lipinski definition) is 5.